The van der Waals surface area contributed by atoms with Crippen LogP contribution in [-0.4, -0.2) is 134 Å². The van der Waals surface area contributed by atoms with Crippen molar-refractivity contribution in [2.24, 2.45) is 25.8 Å². The number of hydrogen-bond acceptors (Lipinski definition) is 38. The maximum absolute atomic E-state index is 12.9. The van der Waals surface area contributed by atoms with Crippen molar-refractivity contribution in [3.63, 3.8) is 0 Å². The minimum absolute atomic E-state index is 0.0531. The molecule has 14 aromatic rings. The zero-order valence-corrected chi connectivity index (χ0v) is 91.1. The van der Waals surface area contributed by atoms with Gasteiger partial charge in [-0.2, -0.15) is 13.2 Å². The number of alkyl halides is 3. The van der Waals surface area contributed by atoms with Gasteiger partial charge >= 0.3 is 6.18 Å². The van der Waals surface area contributed by atoms with Gasteiger partial charge in [-0.1, -0.05) is 120 Å². The first kappa shape index (κ1) is 117. The number of nitrogen functional groups attached to an aromatic ring is 7. The SMILES string of the molecule is CSc1cc(Cc2cnc(C)nc2N)c(C(C)C)cn1.Cc1cc(Cc2cnc(C)nc2N)c(C(C)C)cn1.Cc1ncc(Cc2cc(C(F)(F)F)ncc2C(C)C)c(N)n1.Cc1ncc(Cc2cc(C3N=NN=N3)ncc2C(C)C)c(N)n1.Cc1ncc(Cc2cc(S(C)(=O)=O)ncc2C(C)C)c(N)n1.Cc1ncc(Cc2cc(S(N)(=O)=O)ncc2C(C)C)c(N)n1.Cc1ncc(Sc2cc(Cl)ncc2C(C)C)c(N)n1. The van der Waals surface area contributed by atoms with Gasteiger partial charge in [0, 0.05) is 176 Å². The molecule has 16 N–H and O–H groups in total. The molecule has 37 nitrogen and oxygen atoms in total. The first-order valence-electron chi connectivity index (χ1n) is 47.0. The van der Waals surface area contributed by atoms with Crippen LogP contribution in [0, 0.1) is 55.4 Å². The molecule has 15 heterocycles. The van der Waals surface area contributed by atoms with Crippen LogP contribution in [0.1, 0.15) is 308 Å². The van der Waals surface area contributed by atoms with Crippen LogP contribution in [-0.2, 0) is 64.6 Å². The second-order valence-electron chi connectivity index (χ2n) is 37.0. The summed E-state index contributed by atoms with van der Waals surface area (Å²) in [5, 5.41) is 21.5. The average molecular weight is 2100 g/mol. The Labute approximate surface area is 870 Å². The summed E-state index contributed by atoms with van der Waals surface area (Å²) in [6, 6.07) is 12.3. The van der Waals surface area contributed by atoms with Crippen LogP contribution in [0.5, 0.6) is 0 Å². The molecule has 14 aromatic heterocycles. The Balaban J connectivity index is 0.000000191. The standard InChI is InChI=1S/C15H17F3N4.C15H18N8.C15H20N4O2S.C15H20N4S.C15H20N4.C14H19N5O2S.C13H15ClN4S/c1-8(2)12-7-21-13(15(16,17)18)5-10(12)4-11-6-20-9(3)22-14(11)19;1-8(2)12-7-18-13(15-20-22-23-21-15)5-10(12)4-11-6-17-9(3)19-14(11)16;1-9(2)13-8-18-14(22(4,20)21)6-11(13)5-12-7-17-10(3)19-15(12)16;1-9(2)13-8-18-14(20-4)6-11(13)5-12-7-17-10(3)19-15(12)16;1-9(2)14-8-17-10(3)5-12(14)6-13-7-18-11(4)19-15(13)16;1-8(2)12-7-18-13(22(16,20)21)5-10(12)4-11-6-17-9(3)19-14(11)15;1-7(2)9-5-17-12(14)4-10(9)19-11-6-16-8(3)18-13(11)15/h5-8H,4H2,1-3H3,(H2,19,20,22);5-8,15H,4H2,1-3H3,(H2,16,17,19);6-9H,5H2,1-4H3,(H2,16,17,19);6-9H,5H2,1-4H3,(H2,16,17,19);5,7-9H,6H2,1-4H3,(H2,16,18,19);5-8H,4H2,1-3H3,(H2,15,17,19)(H2,16,20,21);4-7H,1-3H3,(H2,15,16,18). The maximum Gasteiger partial charge on any atom is 0.433 e. The molecule has 45 heteroatoms. The molecule has 0 radical (unpaired) electrons. The highest BCUT2D eigenvalue weighted by Gasteiger charge is 2.34. The van der Waals surface area contributed by atoms with Gasteiger partial charge < -0.3 is 40.1 Å². The number of primary sulfonamides is 1. The van der Waals surface area contributed by atoms with Crippen molar-refractivity contribution in [2.75, 3.05) is 52.6 Å². The van der Waals surface area contributed by atoms with Crippen molar-refractivity contribution < 1.29 is 30.0 Å². The van der Waals surface area contributed by atoms with E-state index in [1.54, 1.807) is 88.2 Å². The van der Waals surface area contributed by atoms with Crippen molar-refractivity contribution in [3.8, 4) is 0 Å². The lowest BCUT2D eigenvalue weighted by molar-refractivity contribution is -0.141. The highest BCUT2D eigenvalue weighted by atomic mass is 35.5. The van der Waals surface area contributed by atoms with Crippen LogP contribution < -0.4 is 45.3 Å². The lowest BCUT2D eigenvalue weighted by Gasteiger charge is -2.15. The quantitative estimate of drug-likeness (QED) is 0.0195. The molecular formula is C102H129ClF3N33O4S4. The molecule has 0 amide bonds. The minimum atomic E-state index is -4.47. The fourth-order valence-corrected chi connectivity index (χ4v) is 17.8. The molecule has 0 saturated heterocycles. The van der Waals surface area contributed by atoms with Crippen LogP contribution in [0.2, 0.25) is 5.15 Å². The molecule has 15 rings (SSSR count). The first-order chi connectivity index (χ1) is 69.0. The van der Waals surface area contributed by atoms with Gasteiger partial charge in [-0.3, -0.25) is 15.0 Å². The topological polar surface area (TPSA) is 597 Å². The summed E-state index contributed by atoms with van der Waals surface area (Å²) in [5.74, 6) is 9.70. The van der Waals surface area contributed by atoms with E-state index in [2.05, 4.69) is 193 Å². The number of sulfone groups is 1. The second kappa shape index (κ2) is 52.4. The number of rotatable bonds is 25. The van der Waals surface area contributed by atoms with E-state index in [9.17, 15) is 30.0 Å². The summed E-state index contributed by atoms with van der Waals surface area (Å²) >= 11 is 9.13. The molecule has 0 aliphatic carbocycles. The number of nitrogens with zero attached hydrogens (tertiary/aromatic N) is 25. The monoisotopic (exact) mass is 2100 g/mol. The Bertz CT molecular complexity index is 7010. The van der Waals surface area contributed by atoms with Crippen molar-refractivity contribution in [2.45, 2.75) is 269 Å². The zero-order valence-electron chi connectivity index (χ0n) is 87.1. The van der Waals surface area contributed by atoms with Gasteiger partial charge in [0.15, 0.2) is 19.9 Å². The maximum atomic E-state index is 12.9. The molecule has 0 bridgehead atoms. The van der Waals surface area contributed by atoms with E-state index in [4.69, 9.17) is 56.9 Å². The number of nitrogens with two attached hydrogens (primary N) is 8. The van der Waals surface area contributed by atoms with Gasteiger partial charge in [0.2, 0.25) is 6.17 Å². The summed E-state index contributed by atoms with van der Waals surface area (Å²) < 4.78 is 85.0. The number of pyridine rings is 7. The van der Waals surface area contributed by atoms with Gasteiger partial charge in [-0.25, -0.2) is 112 Å². The van der Waals surface area contributed by atoms with Crippen molar-refractivity contribution in [3.05, 3.63) is 298 Å². The van der Waals surface area contributed by atoms with E-state index in [1.165, 1.54) is 46.3 Å². The first-order valence-corrected chi connectivity index (χ1v) is 52.8. The van der Waals surface area contributed by atoms with Crippen LogP contribution >= 0.6 is 35.1 Å². The van der Waals surface area contributed by atoms with E-state index in [0.717, 1.165) is 124 Å². The Morgan fingerprint density at radius 1 is 0.327 bits per heavy atom. The predicted octanol–water partition coefficient (Wildman–Crippen LogP) is 19.5. The molecule has 0 atom stereocenters. The molecule has 1 aliphatic rings. The summed E-state index contributed by atoms with van der Waals surface area (Å²) in [6.07, 6.45) is 25.6. The molecule has 0 fully saturated rings. The highest BCUT2D eigenvalue weighted by molar-refractivity contribution is 7.99. The number of anilines is 7. The predicted molar refractivity (Wildman–Crippen MR) is 571 cm³/mol. The second-order valence-corrected chi connectivity index (χ2v) is 42.8. The smallest absolute Gasteiger partial charge is 0.383 e. The van der Waals surface area contributed by atoms with Crippen LogP contribution in [0.3, 0.4) is 0 Å². The number of aromatic nitrogens is 21. The van der Waals surface area contributed by atoms with Gasteiger partial charge in [0.25, 0.3) is 10.0 Å². The third kappa shape index (κ3) is 34.3. The molecule has 778 valence electrons. The fraction of sp³-hybridized carbons (Fsp3) is 0.382. The van der Waals surface area contributed by atoms with Crippen LogP contribution in [0.4, 0.5) is 53.9 Å². The van der Waals surface area contributed by atoms with Crippen LogP contribution in [0.25, 0.3) is 0 Å². The largest absolute Gasteiger partial charge is 0.433 e. The molecule has 0 unspecified atom stereocenters. The normalized spacial score (nSPS) is 11.9. The van der Waals surface area contributed by atoms with Crippen molar-refractivity contribution in [1.82, 2.24) is 105 Å². The third-order valence-corrected chi connectivity index (χ3v) is 26.5. The number of thioether (sulfide) groups is 1. The summed E-state index contributed by atoms with van der Waals surface area (Å²) in [4.78, 5) is 89.2. The lowest BCUT2D eigenvalue weighted by atomic mass is 9.94. The Kier molecular flexibility index (Phi) is 41.6. The molecular weight excluding hydrogens is 1970 g/mol. The zero-order chi connectivity index (χ0) is 109. The third-order valence-electron chi connectivity index (χ3n) is 22.8. The molecule has 0 saturated carbocycles. The minimum Gasteiger partial charge on any atom is -0.383 e. The number of halogens is 4. The highest BCUT2D eigenvalue weighted by Crippen LogP contribution is 2.39. The Hall–Kier alpha value is -14.0. The summed E-state index contributed by atoms with van der Waals surface area (Å²) in [5.41, 5.74) is 60.7. The van der Waals surface area contributed by atoms with Gasteiger partial charge in [0.05, 0.1) is 15.6 Å². The number of sulfonamides is 1. The summed E-state index contributed by atoms with van der Waals surface area (Å²) in [7, 11) is -7.20. The Morgan fingerprint density at radius 2 is 0.619 bits per heavy atom. The van der Waals surface area contributed by atoms with Crippen molar-refractivity contribution in [1.29, 1.82) is 0 Å². The van der Waals surface area contributed by atoms with E-state index in [0.29, 0.717) is 135 Å². The summed E-state index contributed by atoms with van der Waals surface area (Å²) in [6.45, 7) is 43.6. The van der Waals surface area contributed by atoms with Crippen molar-refractivity contribution >= 4 is 95.7 Å². The molecule has 0 spiro atoms. The fourth-order valence-electron chi connectivity index (χ4n) is 14.9. The molecule has 0 aromatic carbocycles. The number of aryl methyl sites for hydroxylation is 8. The average Bonchev–Trinajstić information content (AvgIpc) is 1.56. The number of hydrogen-bond donors (Lipinski definition) is 8. The Morgan fingerprint density at radius 3 is 0.952 bits per heavy atom. The molecule has 147 heavy (non-hydrogen) atoms. The lowest BCUT2D eigenvalue weighted by Crippen LogP contribution is -2.15. The van der Waals surface area contributed by atoms with Gasteiger partial charge in [-0.05, 0) is 228 Å². The van der Waals surface area contributed by atoms with E-state index in [-0.39, 0.29) is 40.0 Å². The van der Waals surface area contributed by atoms with Gasteiger partial charge in [-0.15, -0.1) is 22.0 Å². The molecule has 1 aliphatic heterocycles. The van der Waals surface area contributed by atoms with Gasteiger partial charge in [0.1, 0.15) is 92.3 Å². The van der Waals surface area contributed by atoms with E-state index >= 15 is 0 Å². The van der Waals surface area contributed by atoms with E-state index in [1.807, 2.05) is 126 Å². The van der Waals surface area contributed by atoms with E-state index < -0.39 is 37.9 Å². The van der Waals surface area contributed by atoms with Crippen LogP contribution in [0.15, 0.2) is 175 Å².